The van der Waals surface area contributed by atoms with Crippen LogP contribution in [0.2, 0.25) is 0 Å². The molecule has 1 aliphatic carbocycles. The Bertz CT molecular complexity index is 716. The Labute approximate surface area is 129 Å². The van der Waals surface area contributed by atoms with Gasteiger partial charge in [0.1, 0.15) is 0 Å². The molecule has 0 N–H and O–H groups in total. The molecule has 1 heterocycles. The number of fused-ring (bicyclic) bond motifs is 2. The molecule has 0 spiro atoms. The second-order valence-electron chi connectivity index (χ2n) is 5.02. The van der Waals surface area contributed by atoms with Crippen LogP contribution in [0.1, 0.15) is 39.5 Å². The largest absolute Gasteiger partial charge is 0.290 e. The minimum atomic E-state index is 0.0378. The van der Waals surface area contributed by atoms with Crippen LogP contribution in [-0.4, -0.2) is 4.98 Å². The van der Waals surface area contributed by atoms with Gasteiger partial charge in [-0.05, 0) is 24.3 Å². The first kappa shape index (κ1) is 15.6. The van der Waals surface area contributed by atoms with E-state index in [1.807, 2.05) is 24.3 Å². The molecule has 3 rings (SSSR count). The van der Waals surface area contributed by atoms with Gasteiger partial charge in [-0.3, -0.25) is 4.79 Å². The molecule has 0 aromatic heterocycles. The Balaban J connectivity index is 0.000000232. The van der Waals surface area contributed by atoms with Crippen molar-refractivity contribution >= 4 is 21.6 Å². The molecule has 1 aromatic rings. The molecule has 110 valence electrons. The van der Waals surface area contributed by atoms with Crippen LogP contribution in [-0.2, 0) is 0 Å². The first-order valence-electron chi connectivity index (χ1n) is 7.54. The Morgan fingerprint density at radius 3 is 2.43 bits per heavy atom. The topological polar surface area (TPSA) is 30.0 Å². The van der Waals surface area contributed by atoms with Crippen molar-refractivity contribution in [2.24, 2.45) is 0 Å². The lowest BCUT2D eigenvalue weighted by Crippen LogP contribution is -1.97. The van der Waals surface area contributed by atoms with Gasteiger partial charge in [0.15, 0.2) is 5.43 Å². The summed E-state index contributed by atoms with van der Waals surface area (Å²) in [5, 5.41) is 0. The summed E-state index contributed by atoms with van der Waals surface area (Å²) in [7, 11) is 0. The quantitative estimate of drug-likeness (QED) is 0.482. The summed E-state index contributed by atoms with van der Waals surface area (Å²) < 4.78 is 1.11. The van der Waals surface area contributed by atoms with E-state index in [0.29, 0.717) is 0 Å². The van der Waals surface area contributed by atoms with E-state index in [2.05, 4.69) is 18.8 Å². The number of aromatic nitrogens is 1. The Kier molecular flexibility index (Phi) is 5.88. The molecule has 2 nitrogen and oxygen atoms in total. The van der Waals surface area contributed by atoms with Crippen molar-refractivity contribution < 1.29 is 0 Å². The normalized spacial score (nSPS) is 10.4. The van der Waals surface area contributed by atoms with Gasteiger partial charge in [0.25, 0.3) is 0 Å². The van der Waals surface area contributed by atoms with Gasteiger partial charge in [-0.2, -0.15) is 0 Å². The first-order valence-corrected chi connectivity index (χ1v) is 8.36. The lowest BCUT2D eigenvalue weighted by Gasteiger charge is -2.04. The zero-order valence-electron chi connectivity index (χ0n) is 12.6. The minimum absolute atomic E-state index is 0.0378. The molecular formula is C18H21NOS. The van der Waals surface area contributed by atoms with E-state index in [1.54, 1.807) is 29.5 Å². The Morgan fingerprint density at radius 2 is 1.71 bits per heavy atom. The molecule has 0 saturated carbocycles. The van der Waals surface area contributed by atoms with Gasteiger partial charge in [0.2, 0.25) is 0 Å². The molecule has 3 heteroatoms. The molecule has 0 bridgehead atoms. The molecule has 1 aliphatic heterocycles. The highest BCUT2D eigenvalue weighted by molar-refractivity contribution is 7.21. The highest BCUT2D eigenvalue weighted by Gasteiger charge is 2.05. The van der Waals surface area contributed by atoms with E-state index in [1.165, 1.54) is 25.7 Å². The summed E-state index contributed by atoms with van der Waals surface area (Å²) in [5.41, 5.74) is 1.91. The summed E-state index contributed by atoms with van der Waals surface area (Å²) in [6, 6.07) is 12.9. The van der Waals surface area contributed by atoms with E-state index >= 15 is 0 Å². The zero-order chi connectivity index (χ0) is 15.1. The smallest absolute Gasteiger partial charge is 0.180 e. The molecule has 2 aliphatic rings. The third-order valence-electron chi connectivity index (χ3n) is 3.21. The van der Waals surface area contributed by atoms with Gasteiger partial charge in [-0.1, -0.05) is 51.7 Å². The van der Waals surface area contributed by atoms with E-state index in [9.17, 15) is 4.79 Å². The number of unbranched alkanes of at least 4 members (excludes halogenated alkanes) is 3. The summed E-state index contributed by atoms with van der Waals surface area (Å²) in [5.74, 6) is 0. The molecule has 21 heavy (non-hydrogen) atoms. The van der Waals surface area contributed by atoms with Crippen LogP contribution in [0, 0.1) is 0 Å². The van der Waals surface area contributed by atoms with Crippen molar-refractivity contribution in [3.8, 4) is 10.6 Å². The molecule has 0 unspecified atom stereocenters. The third-order valence-corrected chi connectivity index (χ3v) is 4.33. The summed E-state index contributed by atoms with van der Waals surface area (Å²) in [6.45, 7) is 4.46. The van der Waals surface area contributed by atoms with Crippen LogP contribution in [0.4, 0.5) is 0 Å². The molecular weight excluding hydrogens is 278 g/mol. The van der Waals surface area contributed by atoms with Crippen molar-refractivity contribution in [2.45, 2.75) is 39.5 Å². The maximum absolute atomic E-state index is 11.2. The fraction of sp³-hybridized carbons (Fsp3) is 0.333. The predicted molar refractivity (Wildman–Crippen MR) is 92.3 cm³/mol. The van der Waals surface area contributed by atoms with Crippen molar-refractivity contribution in [2.75, 3.05) is 0 Å². The number of benzene rings is 2. The van der Waals surface area contributed by atoms with Crippen molar-refractivity contribution in [3.05, 3.63) is 52.7 Å². The first-order chi connectivity index (χ1) is 10.2. The number of para-hydroxylation sites is 1. The molecule has 0 radical (unpaired) electrons. The minimum Gasteiger partial charge on any atom is -0.290 e. The van der Waals surface area contributed by atoms with Gasteiger partial charge in [0.05, 0.1) is 20.8 Å². The zero-order valence-corrected chi connectivity index (χ0v) is 13.5. The van der Waals surface area contributed by atoms with Crippen molar-refractivity contribution in [1.29, 1.82) is 0 Å². The summed E-state index contributed by atoms with van der Waals surface area (Å²) >= 11 is 1.60. The average Bonchev–Trinajstić information content (AvgIpc) is 2.51. The molecule has 0 saturated heterocycles. The highest BCUT2D eigenvalue weighted by atomic mass is 32.1. The van der Waals surface area contributed by atoms with E-state index < -0.39 is 0 Å². The van der Waals surface area contributed by atoms with Crippen LogP contribution in [0.25, 0.3) is 20.8 Å². The van der Waals surface area contributed by atoms with Crippen LogP contribution < -0.4 is 5.43 Å². The maximum atomic E-state index is 11.2. The van der Waals surface area contributed by atoms with Gasteiger partial charge in [0, 0.05) is 6.07 Å². The lowest BCUT2D eigenvalue weighted by atomic mass is 10.2. The van der Waals surface area contributed by atoms with Crippen LogP contribution in [0.3, 0.4) is 0 Å². The van der Waals surface area contributed by atoms with Crippen LogP contribution in [0.15, 0.2) is 47.3 Å². The monoisotopic (exact) mass is 299 g/mol. The second kappa shape index (κ2) is 7.89. The summed E-state index contributed by atoms with van der Waals surface area (Å²) in [4.78, 5) is 16.6. The average molecular weight is 299 g/mol. The number of hydrogen-bond donors (Lipinski definition) is 0. The van der Waals surface area contributed by atoms with Gasteiger partial charge < -0.3 is 0 Å². The Hall–Kier alpha value is -1.74. The number of hydrogen-bond acceptors (Lipinski definition) is 3. The van der Waals surface area contributed by atoms with Gasteiger partial charge >= 0.3 is 0 Å². The summed E-state index contributed by atoms with van der Waals surface area (Å²) in [6.07, 6.45) is 5.54. The lowest BCUT2D eigenvalue weighted by molar-refractivity contribution is 0.702. The molecule has 1 aromatic carbocycles. The van der Waals surface area contributed by atoms with Gasteiger partial charge in [-0.15, -0.1) is 11.3 Å². The third kappa shape index (κ3) is 4.36. The van der Waals surface area contributed by atoms with Crippen LogP contribution in [0.5, 0.6) is 0 Å². The van der Waals surface area contributed by atoms with Crippen molar-refractivity contribution in [1.82, 2.24) is 4.98 Å². The fourth-order valence-electron chi connectivity index (χ4n) is 2.05. The Morgan fingerprint density at radius 1 is 1.00 bits per heavy atom. The molecule has 0 amide bonds. The van der Waals surface area contributed by atoms with E-state index in [4.69, 9.17) is 0 Å². The SMILES string of the molecule is CCCCCC.O=c1ccc2nc3ccccc3sc-2c1. The van der Waals surface area contributed by atoms with Crippen LogP contribution >= 0.6 is 11.3 Å². The molecule has 0 fully saturated rings. The standard InChI is InChI=1S/C12H7NOS.C6H14/c14-8-5-6-10-12(7-8)15-11-4-2-1-3-9(11)13-10;1-3-5-6-4-2/h1-7H;3-6H2,1-2H3. The fourth-order valence-corrected chi connectivity index (χ4v) is 3.05. The second-order valence-corrected chi connectivity index (χ2v) is 6.10. The molecule has 0 atom stereocenters. The maximum Gasteiger partial charge on any atom is 0.180 e. The van der Waals surface area contributed by atoms with Crippen molar-refractivity contribution in [3.63, 3.8) is 0 Å². The van der Waals surface area contributed by atoms with E-state index in [-0.39, 0.29) is 5.43 Å². The number of nitrogens with zero attached hydrogens (tertiary/aromatic N) is 1. The van der Waals surface area contributed by atoms with Gasteiger partial charge in [-0.25, -0.2) is 4.98 Å². The highest BCUT2D eigenvalue weighted by Crippen LogP contribution is 2.28. The predicted octanol–water partition coefficient (Wildman–Crippen LogP) is 5.35. The number of rotatable bonds is 3. The van der Waals surface area contributed by atoms with E-state index in [0.717, 1.165) is 20.8 Å².